The van der Waals surface area contributed by atoms with Crippen molar-refractivity contribution >= 4 is 38.3 Å². The number of halogens is 1. The van der Waals surface area contributed by atoms with Gasteiger partial charge in [0.25, 0.3) is 0 Å². The monoisotopic (exact) mass is 318 g/mol. The molecule has 3 nitrogen and oxygen atoms in total. The van der Waals surface area contributed by atoms with Gasteiger partial charge in [-0.15, -0.1) is 11.3 Å². The Balaban J connectivity index is 2.46. The molecule has 5 heteroatoms. The summed E-state index contributed by atoms with van der Waals surface area (Å²) in [4.78, 5) is 16.0. The van der Waals surface area contributed by atoms with Crippen LogP contribution < -0.4 is 5.32 Å². The molecule has 0 aromatic carbocycles. The Morgan fingerprint density at radius 3 is 2.71 bits per heavy atom. The van der Waals surface area contributed by atoms with Crippen LogP contribution in [0.1, 0.15) is 45.7 Å². The van der Waals surface area contributed by atoms with Gasteiger partial charge in [-0.3, -0.25) is 4.79 Å². The van der Waals surface area contributed by atoms with Crippen LogP contribution in [-0.4, -0.2) is 16.2 Å². The maximum atomic E-state index is 11.6. The van der Waals surface area contributed by atoms with Gasteiger partial charge in [-0.1, -0.05) is 36.7 Å². The molecule has 0 saturated heterocycles. The average molecular weight is 319 g/mol. The van der Waals surface area contributed by atoms with Gasteiger partial charge in [0.1, 0.15) is 0 Å². The summed E-state index contributed by atoms with van der Waals surface area (Å²) in [7, 11) is 0. The van der Waals surface area contributed by atoms with Gasteiger partial charge in [-0.2, -0.15) is 0 Å². The molecule has 0 aliphatic heterocycles. The van der Waals surface area contributed by atoms with Crippen molar-refractivity contribution in [2.75, 3.05) is 10.6 Å². The molecule has 0 atom stereocenters. The Labute approximate surface area is 115 Å². The molecule has 1 N–H and O–H groups in total. The normalized spacial score (nSPS) is 11.5. The third kappa shape index (κ3) is 5.17. The van der Waals surface area contributed by atoms with Crippen LogP contribution in [0.25, 0.3) is 0 Å². The number of rotatable bonds is 5. The number of thiazole rings is 1. The van der Waals surface area contributed by atoms with Crippen molar-refractivity contribution in [1.29, 1.82) is 0 Å². The summed E-state index contributed by atoms with van der Waals surface area (Å²) in [5.74, 6) is 0.0563. The lowest BCUT2D eigenvalue weighted by molar-refractivity contribution is -0.116. The molecule has 1 aromatic rings. The highest BCUT2D eigenvalue weighted by molar-refractivity contribution is 9.09. The van der Waals surface area contributed by atoms with E-state index >= 15 is 0 Å². The summed E-state index contributed by atoms with van der Waals surface area (Å²) in [5, 5.41) is 6.51. The number of carbonyl (C=O) groups excluding carboxylic acids is 1. The van der Waals surface area contributed by atoms with Gasteiger partial charge in [0.2, 0.25) is 5.91 Å². The first-order valence-corrected chi connectivity index (χ1v) is 7.75. The van der Waals surface area contributed by atoms with Crippen LogP contribution in [0.5, 0.6) is 0 Å². The summed E-state index contributed by atoms with van der Waals surface area (Å²) in [5.41, 5.74) is 1.06. The molecule has 0 unspecified atom stereocenters. The van der Waals surface area contributed by atoms with Crippen LogP contribution in [-0.2, 0) is 10.2 Å². The number of nitrogens with one attached hydrogen (secondary N) is 1. The Morgan fingerprint density at radius 2 is 2.18 bits per heavy atom. The fourth-order valence-electron chi connectivity index (χ4n) is 1.24. The van der Waals surface area contributed by atoms with Gasteiger partial charge >= 0.3 is 0 Å². The predicted molar refractivity (Wildman–Crippen MR) is 77.1 cm³/mol. The van der Waals surface area contributed by atoms with Gasteiger partial charge in [0, 0.05) is 22.5 Å². The molecule has 0 radical (unpaired) electrons. The van der Waals surface area contributed by atoms with Crippen LogP contribution in [0.4, 0.5) is 5.13 Å². The number of unbranched alkanes of at least 4 members (excludes halogenated alkanes) is 1. The SMILES string of the molecule is CC(C)(C)c1csc(NC(=O)CCCCBr)n1. The standard InChI is InChI=1S/C12H19BrN2OS/c1-12(2,3)9-8-17-11(14-9)15-10(16)6-4-5-7-13/h8H,4-7H2,1-3H3,(H,14,15,16). The van der Waals surface area contributed by atoms with E-state index in [1.54, 1.807) is 0 Å². The Hall–Kier alpha value is -0.420. The summed E-state index contributed by atoms with van der Waals surface area (Å²) in [6.45, 7) is 6.34. The Kier molecular flexibility index (Phi) is 5.59. The minimum atomic E-state index is 0.0371. The third-order valence-corrected chi connectivity index (χ3v) is 3.62. The number of alkyl halides is 1. The second-order valence-electron chi connectivity index (χ2n) is 4.98. The van der Waals surface area contributed by atoms with E-state index in [0.29, 0.717) is 11.6 Å². The second-order valence-corrected chi connectivity index (χ2v) is 6.63. The van der Waals surface area contributed by atoms with Crippen molar-refractivity contribution in [3.63, 3.8) is 0 Å². The third-order valence-electron chi connectivity index (χ3n) is 2.31. The van der Waals surface area contributed by atoms with E-state index in [9.17, 15) is 4.79 Å². The highest BCUT2D eigenvalue weighted by atomic mass is 79.9. The van der Waals surface area contributed by atoms with Gasteiger partial charge < -0.3 is 5.32 Å². The van der Waals surface area contributed by atoms with E-state index in [1.807, 2.05) is 5.38 Å². The zero-order valence-electron chi connectivity index (χ0n) is 10.5. The van der Waals surface area contributed by atoms with Gasteiger partial charge in [0.05, 0.1) is 5.69 Å². The maximum absolute atomic E-state index is 11.6. The number of anilines is 1. The second kappa shape index (κ2) is 6.50. The minimum absolute atomic E-state index is 0.0371. The van der Waals surface area contributed by atoms with Crippen LogP contribution in [0, 0.1) is 0 Å². The van der Waals surface area contributed by atoms with Crippen LogP contribution in [0.15, 0.2) is 5.38 Å². The van der Waals surface area contributed by atoms with E-state index in [-0.39, 0.29) is 11.3 Å². The van der Waals surface area contributed by atoms with E-state index in [1.165, 1.54) is 11.3 Å². The number of hydrogen-bond donors (Lipinski definition) is 1. The molecule has 0 saturated carbocycles. The quantitative estimate of drug-likeness (QED) is 0.660. The highest BCUT2D eigenvalue weighted by Crippen LogP contribution is 2.26. The predicted octanol–water partition coefficient (Wildman–Crippen LogP) is 3.94. The molecule has 1 rings (SSSR count). The van der Waals surface area contributed by atoms with E-state index in [4.69, 9.17) is 0 Å². The molecule has 1 heterocycles. The van der Waals surface area contributed by atoms with Crippen molar-refractivity contribution in [1.82, 2.24) is 4.98 Å². The van der Waals surface area contributed by atoms with E-state index in [2.05, 4.69) is 47.0 Å². The zero-order valence-corrected chi connectivity index (χ0v) is 12.9. The van der Waals surface area contributed by atoms with E-state index < -0.39 is 0 Å². The van der Waals surface area contributed by atoms with Crippen LogP contribution in [0.2, 0.25) is 0 Å². The summed E-state index contributed by atoms with van der Waals surface area (Å²) < 4.78 is 0. The molecular weight excluding hydrogens is 300 g/mol. The van der Waals surface area contributed by atoms with Gasteiger partial charge in [-0.25, -0.2) is 4.98 Å². The Morgan fingerprint density at radius 1 is 1.47 bits per heavy atom. The first kappa shape index (κ1) is 14.6. The molecule has 96 valence electrons. The zero-order chi connectivity index (χ0) is 12.9. The average Bonchev–Trinajstić information content (AvgIpc) is 2.66. The van der Waals surface area contributed by atoms with Crippen molar-refractivity contribution in [3.8, 4) is 0 Å². The largest absolute Gasteiger partial charge is 0.302 e. The molecule has 1 amide bonds. The molecule has 0 aliphatic carbocycles. The number of aromatic nitrogens is 1. The Bertz CT molecular complexity index is 371. The number of carbonyl (C=O) groups is 1. The van der Waals surface area contributed by atoms with Crippen molar-refractivity contribution in [2.45, 2.75) is 45.4 Å². The first-order valence-electron chi connectivity index (χ1n) is 5.75. The van der Waals surface area contributed by atoms with Crippen molar-refractivity contribution < 1.29 is 4.79 Å². The minimum Gasteiger partial charge on any atom is -0.302 e. The molecule has 1 aromatic heterocycles. The van der Waals surface area contributed by atoms with Crippen LogP contribution >= 0.6 is 27.3 Å². The molecular formula is C12H19BrN2OS. The van der Waals surface area contributed by atoms with Crippen LogP contribution in [0.3, 0.4) is 0 Å². The summed E-state index contributed by atoms with van der Waals surface area (Å²) >= 11 is 4.84. The molecule has 0 bridgehead atoms. The van der Waals surface area contributed by atoms with E-state index in [0.717, 1.165) is 23.9 Å². The first-order chi connectivity index (χ1) is 7.93. The molecule has 17 heavy (non-hydrogen) atoms. The summed E-state index contributed by atoms with van der Waals surface area (Å²) in [6.07, 6.45) is 2.50. The molecule has 0 aliphatic rings. The lowest BCUT2D eigenvalue weighted by Crippen LogP contribution is -2.14. The van der Waals surface area contributed by atoms with Crippen molar-refractivity contribution in [3.05, 3.63) is 11.1 Å². The number of nitrogens with zero attached hydrogens (tertiary/aromatic N) is 1. The summed E-state index contributed by atoms with van der Waals surface area (Å²) in [6, 6.07) is 0. The maximum Gasteiger partial charge on any atom is 0.226 e. The van der Waals surface area contributed by atoms with Crippen molar-refractivity contribution in [2.24, 2.45) is 0 Å². The van der Waals surface area contributed by atoms with Gasteiger partial charge in [0.15, 0.2) is 5.13 Å². The lowest BCUT2D eigenvalue weighted by Gasteiger charge is -2.14. The number of amides is 1. The van der Waals surface area contributed by atoms with Gasteiger partial charge in [-0.05, 0) is 12.8 Å². The fraction of sp³-hybridized carbons (Fsp3) is 0.667. The smallest absolute Gasteiger partial charge is 0.226 e. The highest BCUT2D eigenvalue weighted by Gasteiger charge is 2.17. The fourth-order valence-corrected chi connectivity index (χ4v) is 2.59. The topological polar surface area (TPSA) is 42.0 Å². The lowest BCUT2D eigenvalue weighted by atomic mass is 9.93. The number of hydrogen-bond acceptors (Lipinski definition) is 3. The molecule has 0 fully saturated rings. The molecule has 0 spiro atoms.